The molecule has 24 heavy (non-hydrogen) atoms. The largest absolute Gasteiger partial charge is 0.356 e. The second kappa shape index (κ2) is 7.85. The highest BCUT2D eigenvalue weighted by Crippen LogP contribution is 2.43. The second-order valence-electron chi connectivity index (χ2n) is 7.42. The smallest absolute Gasteiger partial charge is 0.193 e. The predicted molar refractivity (Wildman–Crippen MR) is 103 cm³/mol. The fraction of sp³-hybridized carbons (Fsp3) is 0.789. The zero-order valence-electron chi connectivity index (χ0n) is 15.5. The van der Waals surface area contributed by atoms with E-state index in [4.69, 9.17) is 4.98 Å². The van der Waals surface area contributed by atoms with Gasteiger partial charge in [0.2, 0.25) is 0 Å². The van der Waals surface area contributed by atoms with Gasteiger partial charge in [-0.25, -0.2) is 4.98 Å². The van der Waals surface area contributed by atoms with Crippen LogP contribution in [0.15, 0.2) is 4.99 Å². The van der Waals surface area contributed by atoms with Crippen molar-refractivity contribution in [1.29, 1.82) is 0 Å². The van der Waals surface area contributed by atoms with Crippen LogP contribution < -0.4 is 5.32 Å². The Morgan fingerprint density at radius 2 is 2.08 bits per heavy atom. The van der Waals surface area contributed by atoms with Gasteiger partial charge >= 0.3 is 0 Å². The van der Waals surface area contributed by atoms with Crippen LogP contribution in [0, 0.1) is 12.3 Å². The fourth-order valence-electron chi connectivity index (χ4n) is 4.36. The third-order valence-corrected chi connectivity index (χ3v) is 6.83. The summed E-state index contributed by atoms with van der Waals surface area (Å²) in [6, 6.07) is 0. The maximum atomic E-state index is 4.74. The van der Waals surface area contributed by atoms with E-state index >= 15 is 0 Å². The predicted octanol–water partition coefficient (Wildman–Crippen LogP) is 3.79. The Labute approximate surface area is 150 Å². The van der Waals surface area contributed by atoms with Crippen molar-refractivity contribution in [1.82, 2.24) is 15.2 Å². The summed E-state index contributed by atoms with van der Waals surface area (Å²) in [5.74, 6) is 1.08. The van der Waals surface area contributed by atoms with E-state index in [1.54, 1.807) is 0 Å². The molecule has 1 aromatic rings. The zero-order chi connectivity index (χ0) is 17.0. The molecule has 4 nitrogen and oxygen atoms in total. The molecule has 1 spiro atoms. The third-order valence-electron chi connectivity index (χ3n) is 5.76. The highest BCUT2D eigenvalue weighted by molar-refractivity contribution is 7.11. The first-order valence-corrected chi connectivity index (χ1v) is 10.4. The van der Waals surface area contributed by atoms with Crippen molar-refractivity contribution in [3.63, 3.8) is 0 Å². The normalized spacial score (nSPS) is 20.8. The van der Waals surface area contributed by atoms with Crippen molar-refractivity contribution < 1.29 is 0 Å². The molecule has 0 bridgehead atoms. The number of aromatic nitrogens is 1. The minimum atomic E-state index is 0.582. The molecule has 2 heterocycles. The Morgan fingerprint density at radius 3 is 2.75 bits per heavy atom. The first-order valence-electron chi connectivity index (χ1n) is 9.56. The highest BCUT2D eigenvalue weighted by atomic mass is 32.1. The summed E-state index contributed by atoms with van der Waals surface area (Å²) < 4.78 is 0. The molecule has 1 aromatic heterocycles. The minimum Gasteiger partial charge on any atom is -0.356 e. The van der Waals surface area contributed by atoms with Gasteiger partial charge in [-0.3, -0.25) is 4.99 Å². The number of likely N-dealkylation sites (tertiary alicyclic amines) is 1. The van der Waals surface area contributed by atoms with Gasteiger partial charge in [-0.1, -0.05) is 26.2 Å². The van der Waals surface area contributed by atoms with E-state index in [-0.39, 0.29) is 0 Å². The molecule has 2 aliphatic rings. The quantitative estimate of drug-likeness (QED) is 0.665. The molecule has 1 aliphatic carbocycles. The van der Waals surface area contributed by atoms with E-state index < -0.39 is 0 Å². The average molecular weight is 349 g/mol. The van der Waals surface area contributed by atoms with Crippen LogP contribution in [0.5, 0.6) is 0 Å². The molecule has 0 radical (unpaired) electrons. The molecule has 1 aliphatic heterocycles. The van der Waals surface area contributed by atoms with Crippen LogP contribution in [-0.4, -0.2) is 42.5 Å². The van der Waals surface area contributed by atoms with Crippen LogP contribution in [0.4, 0.5) is 0 Å². The minimum absolute atomic E-state index is 0.582. The Kier molecular flexibility index (Phi) is 5.80. The van der Waals surface area contributed by atoms with E-state index in [1.807, 2.05) is 18.4 Å². The van der Waals surface area contributed by atoms with Crippen molar-refractivity contribution >= 4 is 17.3 Å². The van der Waals surface area contributed by atoms with E-state index in [9.17, 15) is 0 Å². The number of aryl methyl sites for hydroxylation is 2. The van der Waals surface area contributed by atoms with Crippen molar-refractivity contribution in [3.05, 3.63) is 15.6 Å². The number of nitrogens with one attached hydrogen (secondary N) is 1. The summed E-state index contributed by atoms with van der Waals surface area (Å²) >= 11 is 1.84. The van der Waals surface area contributed by atoms with Gasteiger partial charge < -0.3 is 10.2 Å². The molecule has 1 N–H and O–H groups in total. The number of guanidine groups is 1. The molecule has 2 fully saturated rings. The lowest BCUT2D eigenvalue weighted by Gasteiger charge is -2.33. The average Bonchev–Trinajstić information content (AvgIpc) is 3.16. The molecule has 134 valence electrons. The molecule has 1 saturated heterocycles. The van der Waals surface area contributed by atoms with E-state index in [0.29, 0.717) is 5.41 Å². The standard InChI is InChI=1S/C19H32N4S/c1-4-16-15(2)24-17(22-16)8-12-21-18(20-3)23-13-11-19(14-23)9-6-5-7-10-19/h4-14H2,1-3H3,(H,20,21). The summed E-state index contributed by atoms with van der Waals surface area (Å²) in [7, 11) is 1.91. The Balaban J connectivity index is 1.50. The third kappa shape index (κ3) is 3.93. The Morgan fingerprint density at radius 1 is 1.29 bits per heavy atom. The van der Waals surface area contributed by atoms with Crippen molar-refractivity contribution in [2.24, 2.45) is 10.4 Å². The molecule has 0 atom stereocenters. The molecule has 1 saturated carbocycles. The van der Waals surface area contributed by atoms with Crippen LogP contribution >= 0.6 is 11.3 Å². The lowest BCUT2D eigenvalue weighted by atomic mass is 9.73. The van der Waals surface area contributed by atoms with Gasteiger partial charge in [0.15, 0.2) is 5.96 Å². The van der Waals surface area contributed by atoms with Gasteiger partial charge in [0, 0.05) is 38.0 Å². The SMILES string of the molecule is CCc1nc(CCNC(=NC)N2CCC3(CCCCC3)C2)sc1C. The number of rotatable bonds is 4. The zero-order valence-corrected chi connectivity index (χ0v) is 16.3. The van der Waals surface area contributed by atoms with Gasteiger partial charge in [-0.05, 0) is 38.0 Å². The van der Waals surface area contributed by atoms with Crippen LogP contribution in [0.3, 0.4) is 0 Å². The van der Waals surface area contributed by atoms with Gasteiger partial charge in [-0.2, -0.15) is 0 Å². The Hall–Kier alpha value is -1.10. The second-order valence-corrected chi connectivity index (χ2v) is 8.71. The number of hydrogen-bond acceptors (Lipinski definition) is 3. The first-order chi connectivity index (χ1) is 11.7. The van der Waals surface area contributed by atoms with E-state index in [0.717, 1.165) is 31.9 Å². The molecule has 3 rings (SSSR count). The molecule has 0 amide bonds. The first kappa shape index (κ1) is 17.7. The molecule has 0 unspecified atom stereocenters. The summed E-state index contributed by atoms with van der Waals surface area (Å²) in [5, 5.41) is 4.82. The van der Waals surface area contributed by atoms with Crippen molar-refractivity contribution in [2.45, 2.75) is 65.2 Å². The lowest BCUT2D eigenvalue weighted by Crippen LogP contribution is -2.42. The fourth-order valence-corrected chi connectivity index (χ4v) is 5.38. The monoisotopic (exact) mass is 348 g/mol. The van der Waals surface area contributed by atoms with Gasteiger partial charge in [0.05, 0.1) is 10.7 Å². The van der Waals surface area contributed by atoms with Crippen molar-refractivity contribution in [3.8, 4) is 0 Å². The van der Waals surface area contributed by atoms with E-state index in [1.165, 1.54) is 60.6 Å². The summed E-state index contributed by atoms with van der Waals surface area (Å²) in [5.41, 5.74) is 1.84. The highest BCUT2D eigenvalue weighted by Gasteiger charge is 2.39. The van der Waals surface area contributed by atoms with Crippen LogP contribution in [0.2, 0.25) is 0 Å². The maximum Gasteiger partial charge on any atom is 0.193 e. The summed E-state index contributed by atoms with van der Waals surface area (Å²) in [6.07, 6.45) is 10.5. The van der Waals surface area contributed by atoms with Crippen LogP contribution in [-0.2, 0) is 12.8 Å². The molecule has 5 heteroatoms. The van der Waals surface area contributed by atoms with Gasteiger partial charge in [-0.15, -0.1) is 11.3 Å². The topological polar surface area (TPSA) is 40.5 Å². The van der Waals surface area contributed by atoms with Crippen LogP contribution in [0.25, 0.3) is 0 Å². The van der Waals surface area contributed by atoms with Gasteiger partial charge in [0.1, 0.15) is 0 Å². The van der Waals surface area contributed by atoms with Crippen LogP contribution in [0.1, 0.15) is 61.0 Å². The number of aliphatic imine (C=N–C) groups is 1. The maximum absolute atomic E-state index is 4.74. The summed E-state index contributed by atoms with van der Waals surface area (Å²) in [6.45, 7) is 7.64. The lowest BCUT2D eigenvalue weighted by molar-refractivity contribution is 0.203. The van der Waals surface area contributed by atoms with Gasteiger partial charge in [0.25, 0.3) is 0 Å². The molecule has 0 aromatic carbocycles. The number of hydrogen-bond donors (Lipinski definition) is 1. The Bertz CT molecular complexity index is 572. The van der Waals surface area contributed by atoms with E-state index in [2.05, 4.69) is 29.1 Å². The number of nitrogens with zero attached hydrogens (tertiary/aromatic N) is 3. The molecular weight excluding hydrogens is 316 g/mol. The molecular formula is C19H32N4S. The van der Waals surface area contributed by atoms with Crippen molar-refractivity contribution in [2.75, 3.05) is 26.7 Å². The summed E-state index contributed by atoms with van der Waals surface area (Å²) in [4.78, 5) is 13.1. The number of thiazole rings is 1.